The number of anilines is 1. The zero-order valence-corrected chi connectivity index (χ0v) is 14.1. The molecule has 0 aliphatic heterocycles. The molecule has 1 fully saturated rings. The van der Waals surface area contributed by atoms with Gasteiger partial charge in [0.15, 0.2) is 0 Å². The van der Waals surface area contributed by atoms with Crippen molar-refractivity contribution >= 4 is 17.6 Å². The molecule has 2 aromatic rings. The number of esters is 1. The Morgan fingerprint density at radius 3 is 2.72 bits per heavy atom. The maximum Gasteiger partial charge on any atom is 0.337 e. The van der Waals surface area contributed by atoms with Gasteiger partial charge in [-0.1, -0.05) is 6.07 Å². The van der Waals surface area contributed by atoms with E-state index in [1.165, 1.54) is 23.9 Å². The molecule has 1 amide bonds. The van der Waals surface area contributed by atoms with E-state index in [4.69, 9.17) is 0 Å². The topological polar surface area (TPSA) is 90.3 Å². The van der Waals surface area contributed by atoms with Crippen molar-refractivity contribution in [3.63, 3.8) is 0 Å². The molecule has 25 heavy (non-hydrogen) atoms. The molecule has 1 aliphatic carbocycles. The number of amides is 1. The molecule has 7 nitrogen and oxygen atoms in total. The molecule has 130 valence electrons. The van der Waals surface area contributed by atoms with Crippen molar-refractivity contribution in [2.24, 2.45) is 0 Å². The van der Waals surface area contributed by atoms with Gasteiger partial charge in [-0.05, 0) is 44.0 Å². The molecule has 0 saturated heterocycles. The average molecular weight is 341 g/mol. The van der Waals surface area contributed by atoms with Crippen LogP contribution in [0.4, 0.5) is 5.69 Å². The fourth-order valence-corrected chi connectivity index (χ4v) is 2.51. The third-order valence-electron chi connectivity index (χ3n) is 4.14. The minimum absolute atomic E-state index is 0.324. The SMILES string of the molecule is COC(=O)c1cccc(NC(=O)[C@H](C)n2nc(C3CC3)ccc2=O)c1. The predicted molar refractivity (Wildman–Crippen MR) is 91.6 cm³/mol. The maximum atomic E-state index is 12.5. The Kier molecular flexibility index (Phi) is 4.65. The number of carbonyl (C=O) groups excluding carboxylic acids is 2. The minimum atomic E-state index is -0.770. The van der Waals surface area contributed by atoms with Crippen LogP contribution < -0.4 is 10.9 Å². The summed E-state index contributed by atoms with van der Waals surface area (Å²) in [5, 5.41) is 7.03. The van der Waals surface area contributed by atoms with E-state index in [0.29, 0.717) is 17.2 Å². The molecule has 3 rings (SSSR count). The van der Waals surface area contributed by atoms with E-state index in [9.17, 15) is 14.4 Å². The monoisotopic (exact) mass is 341 g/mol. The molecular weight excluding hydrogens is 322 g/mol. The standard InChI is InChI=1S/C18H19N3O4/c1-11(21-16(22)9-8-15(20-21)12-6-7-12)17(23)19-14-5-3-4-13(10-14)18(24)25-2/h3-5,8-12H,6-7H2,1-2H3,(H,19,23)/t11-/m0/s1. The van der Waals surface area contributed by atoms with Crippen LogP contribution in [0.2, 0.25) is 0 Å². The first-order valence-corrected chi connectivity index (χ1v) is 8.08. The number of methoxy groups -OCH3 is 1. The summed E-state index contributed by atoms with van der Waals surface area (Å²) in [4.78, 5) is 36.1. The van der Waals surface area contributed by atoms with Crippen LogP contribution in [-0.4, -0.2) is 28.8 Å². The highest BCUT2D eigenvalue weighted by atomic mass is 16.5. The quantitative estimate of drug-likeness (QED) is 0.841. The van der Waals surface area contributed by atoms with E-state index in [1.807, 2.05) is 0 Å². The van der Waals surface area contributed by atoms with Crippen molar-refractivity contribution in [1.82, 2.24) is 9.78 Å². The average Bonchev–Trinajstić information content (AvgIpc) is 3.46. The molecule has 1 aliphatic rings. The van der Waals surface area contributed by atoms with Gasteiger partial charge in [-0.25, -0.2) is 9.48 Å². The molecule has 1 aromatic carbocycles. The first-order valence-electron chi connectivity index (χ1n) is 8.08. The first-order chi connectivity index (χ1) is 12.0. The van der Waals surface area contributed by atoms with Crippen molar-refractivity contribution in [3.05, 3.63) is 58.0 Å². The van der Waals surface area contributed by atoms with Crippen LogP contribution in [-0.2, 0) is 9.53 Å². The summed E-state index contributed by atoms with van der Waals surface area (Å²) in [6.45, 7) is 1.62. The van der Waals surface area contributed by atoms with E-state index in [1.54, 1.807) is 31.2 Å². The second-order valence-electron chi connectivity index (χ2n) is 6.05. The highest BCUT2D eigenvalue weighted by Crippen LogP contribution is 2.38. The summed E-state index contributed by atoms with van der Waals surface area (Å²) in [6, 6.07) is 8.82. The van der Waals surface area contributed by atoms with Gasteiger partial charge in [0.05, 0.1) is 18.4 Å². The van der Waals surface area contributed by atoms with E-state index in [0.717, 1.165) is 18.5 Å². The Hall–Kier alpha value is -2.96. The summed E-state index contributed by atoms with van der Waals surface area (Å²) >= 11 is 0. The molecule has 1 aromatic heterocycles. The van der Waals surface area contributed by atoms with Gasteiger partial charge in [-0.3, -0.25) is 9.59 Å². The molecule has 1 heterocycles. The van der Waals surface area contributed by atoms with Gasteiger partial charge >= 0.3 is 5.97 Å². The maximum absolute atomic E-state index is 12.5. The van der Waals surface area contributed by atoms with Gasteiger partial charge in [0, 0.05) is 17.7 Å². The number of rotatable bonds is 5. The lowest BCUT2D eigenvalue weighted by Crippen LogP contribution is -2.33. The number of hydrogen-bond acceptors (Lipinski definition) is 5. The Morgan fingerprint density at radius 2 is 2.04 bits per heavy atom. The Labute approximate surface area is 144 Å². The lowest BCUT2D eigenvalue weighted by atomic mass is 10.2. The summed E-state index contributed by atoms with van der Waals surface area (Å²) in [5.41, 5.74) is 1.30. The normalized spacial score (nSPS) is 14.6. The van der Waals surface area contributed by atoms with Crippen molar-refractivity contribution in [1.29, 1.82) is 0 Å². The van der Waals surface area contributed by atoms with Gasteiger partial charge in [0.2, 0.25) is 5.91 Å². The zero-order chi connectivity index (χ0) is 18.0. The van der Waals surface area contributed by atoms with Crippen LogP contribution in [0, 0.1) is 0 Å². The molecule has 7 heteroatoms. The van der Waals surface area contributed by atoms with Crippen molar-refractivity contribution in [2.45, 2.75) is 31.7 Å². The van der Waals surface area contributed by atoms with Crippen molar-refractivity contribution in [2.75, 3.05) is 12.4 Å². The Morgan fingerprint density at radius 1 is 1.28 bits per heavy atom. The van der Waals surface area contributed by atoms with E-state index in [-0.39, 0.29) is 11.5 Å². The number of ether oxygens (including phenoxy) is 1. The lowest BCUT2D eigenvalue weighted by Gasteiger charge is -2.15. The zero-order valence-electron chi connectivity index (χ0n) is 14.1. The molecule has 0 bridgehead atoms. The summed E-state index contributed by atoms with van der Waals surface area (Å²) in [5.74, 6) is -0.484. The second kappa shape index (κ2) is 6.88. The van der Waals surface area contributed by atoms with Crippen LogP contribution in [0.1, 0.15) is 47.8 Å². The highest BCUT2D eigenvalue weighted by molar-refractivity contribution is 5.96. The predicted octanol–water partition coefficient (Wildman–Crippen LogP) is 2.11. The number of carbonyl (C=O) groups is 2. The molecule has 0 unspecified atom stereocenters. The Bertz CT molecular complexity index is 871. The lowest BCUT2D eigenvalue weighted by molar-refractivity contribution is -0.119. The smallest absolute Gasteiger partial charge is 0.337 e. The summed E-state index contributed by atoms with van der Waals surface area (Å²) in [6.07, 6.45) is 2.12. The third-order valence-corrected chi connectivity index (χ3v) is 4.14. The number of benzene rings is 1. The van der Waals surface area contributed by atoms with E-state index < -0.39 is 12.0 Å². The largest absolute Gasteiger partial charge is 0.465 e. The van der Waals surface area contributed by atoms with Crippen LogP contribution in [0.25, 0.3) is 0 Å². The molecule has 1 saturated carbocycles. The van der Waals surface area contributed by atoms with Crippen molar-refractivity contribution in [3.8, 4) is 0 Å². The first kappa shape index (κ1) is 16.9. The summed E-state index contributed by atoms with van der Waals surface area (Å²) < 4.78 is 5.86. The van der Waals surface area contributed by atoms with Gasteiger partial charge in [-0.2, -0.15) is 5.10 Å². The molecular formula is C18H19N3O4. The van der Waals surface area contributed by atoms with Gasteiger partial charge < -0.3 is 10.1 Å². The van der Waals surface area contributed by atoms with Crippen LogP contribution in [0.5, 0.6) is 0 Å². The fraction of sp³-hybridized carbons (Fsp3) is 0.333. The third kappa shape index (κ3) is 3.76. The van der Waals surface area contributed by atoms with Crippen LogP contribution in [0.3, 0.4) is 0 Å². The van der Waals surface area contributed by atoms with Gasteiger partial charge in [0.25, 0.3) is 5.56 Å². The van der Waals surface area contributed by atoms with E-state index >= 15 is 0 Å². The number of hydrogen-bond donors (Lipinski definition) is 1. The summed E-state index contributed by atoms with van der Waals surface area (Å²) in [7, 11) is 1.29. The minimum Gasteiger partial charge on any atom is -0.465 e. The molecule has 0 spiro atoms. The number of aromatic nitrogens is 2. The Balaban J connectivity index is 1.78. The molecule has 1 atom stereocenters. The van der Waals surface area contributed by atoms with Crippen LogP contribution >= 0.6 is 0 Å². The molecule has 0 radical (unpaired) electrons. The van der Waals surface area contributed by atoms with Crippen LogP contribution in [0.15, 0.2) is 41.2 Å². The fourth-order valence-electron chi connectivity index (χ4n) is 2.51. The van der Waals surface area contributed by atoms with Gasteiger partial charge in [-0.15, -0.1) is 0 Å². The van der Waals surface area contributed by atoms with Crippen molar-refractivity contribution < 1.29 is 14.3 Å². The second-order valence-corrected chi connectivity index (χ2v) is 6.05. The molecule has 1 N–H and O–H groups in total. The number of nitrogens with zero attached hydrogens (tertiary/aromatic N) is 2. The highest BCUT2D eigenvalue weighted by Gasteiger charge is 2.27. The van der Waals surface area contributed by atoms with Gasteiger partial charge in [0.1, 0.15) is 6.04 Å². The number of nitrogens with one attached hydrogen (secondary N) is 1. The van der Waals surface area contributed by atoms with E-state index in [2.05, 4.69) is 15.2 Å².